The van der Waals surface area contributed by atoms with Gasteiger partial charge in [0.1, 0.15) is 0 Å². The number of ether oxygens (including phenoxy) is 4. The second kappa shape index (κ2) is 8.25. The van der Waals surface area contributed by atoms with Crippen LogP contribution in [0.5, 0.6) is 17.2 Å². The number of carbonyl (C=O) groups excluding carboxylic acids is 3. The molecule has 3 amide bonds. The largest absolute Gasteiger partial charge is 0.494 e. The van der Waals surface area contributed by atoms with Crippen LogP contribution in [-0.4, -0.2) is 38.4 Å². The minimum atomic E-state index is -0.923. The van der Waals surface area contributed by atoms with Gasteiger partial charge in [-0.25, -0.2) is 14.0 Å². The Balaban J connectivity index is 1.47. The number of anilines is 1. The van der Waals surface area contributed by atoms with E-state index >= 15 is 0 Å². The summed E-state index contributed by atoms with van der Waals surface area (Å²) < 4.78 is 33.4. The minimum absolute atomic E-state index is 0.0329. The van der Waals surface area contributed by atoms with E-state index in [1.165, 1.54) is 25.3 Å². The van der Waals surface area contributed by atoms with E-state index in [0.29, 0.717) is 17.2 Å². The highest BCUT2D eigenvalue weighted by molar-refractivity contribution is 6.02. The van der Waals surface area contributed by atoms with Crippen LogP contribution in [-0.2, 0) is 9.53 Å². The first kappa shape index (κ1) is 19.0. The number of carbonyl (C=O) groups is 3. The van der Waals surface area contributed by atoms with Crippen LogP contribution in [0.1, 0.15) is 10.4 Å². The first-order valence-electron chi connectivity index (χ1n) is 7.97. The summed E-state index contributed by atoms with van der Waals surface area (Å²) in [6.07, 6.45) is 0. The van der Waals surface area contributed by atoms with Crippen LogP contribution in [0, 0.1) is 5.82 Å². The number of esters is 1. The molecule has 0 aromatic heterocycles. The number of nitrogens with one attached hydrogen (secondary N) is 2. The fourth-order valence-corrected chi connectivity index (χ4v) is 2.31. The zero-order valence-electron chi connectivity index (χ0n) is 14.6. The van der Waals surface area contributed by atoms with E-state index in [-0.39, 0.29) is 18.1 Å². The molecule has 2 aromatic carbocycles. The summed E-state index contributed by atoms with van der Waals surface area (Å²) in [7, 11) is 1.29. The van der Waals surface area contributed by atoms with Gasteiger partial charge in [-0.3, -0.25) is 10.1 Å². The highest BCUT2D eigenvalue weighted by Crippen LogP contribution is 2.34. The Bertz CT molecular complexity index is 932. The summed E-state index contributed by atoms with van der Waals surface area (Å²) in [5.74, 6) is -1.55. The van der Waals surface area contributed by atoms with Crippen molar-refractivity contribution in [3.63, 3.8) is 0 Å². The third-order valence-corrected chi connectivity index (χ3v) is 3.61. The summed E-state index contributed by atoms with van der Waals surface area (Å²) in [6, 6.07) is 7.34. The number of hydrogen-bond donors (Lipinski definition) is 2. The molecular weight excluding hydrogens is 375 g/mol. The fraction of sp³-hybridized carbons (Fsp3) is 0.167. The third-order valence-electron chi connectivity index (χ3n) is 3.61. The van der Waals surface area contributed by atoms with E-state index < -0.39 is 30.3 Å². The van der Waals surface area contributed by atoms with Crippen molar-refractivity contribution in [2.24, 2.45) is 0 Å². The number of hydrogen-bond acceptors (Lipinski definition) is 7. The van der Waals surface area contributed by atoms with Gasteiger partial charge in [0.15, 0.2) is 29.7 Å². The smallest absolute Gasteiger partial charge is 0.338 e. The second-order valence-corrected chi connectivity index (χ2v) is 5.50. The quantitative estimate of drug-likeness (QED) is 0.752. The molecule has 2 N–H and O–H groups in total. The van der Waals surface area contributed by atoms with Gasteiger partial charge in [0, 0.05) is 11.8 Å². The number of rotatable bonds is 5. The Kier molecular flexibility index (Phi) is 5.58. The first-order chi connectivity index (χ1) is 13.5. The van der Waals surface area contributed by atoms with Crippen LogP contribution in [0.15, 0.2) is 36.4 Å². The molecule has 0 unspecified atom stereocenters. The molecule has 1 aliphatic heterocycles. The molecular formula is C18H15FN2O7. The van der Waals surface area contributed by atoms with Crippen molar-refractivity contribution in [3.05, 3.63) is 47.8 Å². The zero-order chi connectivity index (χ0) is 20.1. The molecule has 0 fully saturated rings. The Morgan fingerprint density at radius 2 is 1.89 bits per heavy atom. The number of imide groups is 1. The number of benzene rings is 2. The average Bonchev–Trinajstić information content (AvgIpc) is 3.13. The Hall–Kier alpha value is -3.82. The van der Waals surface area contributed by atoms with Crippen LogP contribution in [0.2, 0.25) is 0 Å². The van der Waals surface area contributed by atoms with Gasteiger partial charge in [-0.1, -0.05) is 0 Å². The van der Waals surface area contributed by atoms with Gasteiger partial charge in [0.2, 0.25) is 6.79 Å². The maximum Gasteiger partial charge on any atom is 0.338 e. The number of methoxy groups -OCH3 is 1. The highest BCUT2D eigenvalue weighted by Gasteiger charge is 2.16. The zero-order valence-corrected chi connectivity index (χ0v) is 14.6. The number of fused-ring (bicyclic) bond motifs is 1. The molecule has 1 heterocycles. The van der Waals surface area contributed by atoms with Crippen molar-refractivity contribution >= 4 is 23.6 Å². The van der Waals surface area contributed by atoms with E-state index in [1.54, 1.807) is 12.1 Å². The molecule has 2 aromatic rings. The molecule has 146 valence electrons. The monoisotopic (exact) mass is 390 g/mol. The Labute approximate surface area is 158 Å². The van der Waals surface area contributed by atoms with Gasteiger partial charge in [0.25, 0.3) is 5.91 Å². The van der Waals surface area contributed by atoms with Crippen molar-refractivity contribution in [3.8, 4) is 17.2 Å². The van der Waals surface area contributed by atoms with Crippen molar-refractivity contribution in [1.29, 1.82) is 0 Å². The summed E-state index contributed by atoms with van der Waals surface area (Å²) in [6.45, 7) is -0.631. The van der Waals surface area contributed by atoms with Crippen molar-refractivity contribution < 1.29 is 37.7 Å². The van der Waals surface area contributed by atoms with Crippen LogP contribution < -0.4 is 24.8 Å². The third kappa shape index (κ3) is 4.47. The molecule has 1 aliphatic rings. The minimum Gasteiger partial charge on any atom is -0.494 e. The predicted octanol–water partition coefficient (Wildman–Crippen LogP) is 2.07. The molecule has 0 saturated heterocycles. The Morgan fingerprint density at radius 3 is 2.64 bits per heavy atom. The molecule has 0 aliphatic carbocycles. The van der Waals surface area contributed by atoms with Crippen LogP contribution >= 0.6 is 0 Å². The summed E-state index contributed by atoms with van der Waals surface area (Å²) in [4.78, 5) is 35.4. The normalized spacial score (nSPS) is 11.5. The van der Waals surface area contributed by atoms with Crippen LogP contribution in [0.25, 0.3) is 0 Å². The first-order valence-corrected chi connectivity index (χ1v) is 7.97. The fourth-order valence-electron chi connectivity index (χ4n) is 2.31. The molecule has 0 bridgehead atoms. The lowest BCUT2D eigenvalue weighted by Crippen LogP contribution is -2.37. The van der Waals surface area contributed by atoms with Crippen molar-refractivity contribution in [1.82, 2.24) is 5.32 Å². The standard InChI is InChI=1S/C18H15FN2O7/c1-25-13-4-2-10(6-12(13)19)17(23)26-8-16(22)21-18(24)20-11-3-5-14-15(7-11)28-9-27-14/h2-7H,8-9H2,1H3,(H2,20,21,22,24). The number of halogens is 1. The van der Waals surface area contributed by atoms with Gasteiger partial charge in [0.05, 0.1) is 12.7 Å². The molecule has 10 heteroatoms. The topological polar surface area (TPSA) is 112 Å². The predicted molar refractivity (Wildman–Crippen MR) is 93.0 cm³/mol. The van der Waals surface area contributed by atoms with Crippen molar-refractivity contribution in [2.45, 2.75) is 0 Å². The van der Waals surface area contributed by atoms with Crippen molar-refractivity contribution in [2.75, 3.05) is 25.8 Å². The van der Waals surface area contributed by atoms with Gasteiger partial charge >= 0.3 is 12.0 Å². The van der Waals surface area contributed by atoms with E-state index in [9.17, 15) is 18.8 Å². The second-order valence-electron chi connectivity index (χ2n) is 5.50. The highest BCUT2D eigenvalue weighted by atomic mass is 19.1. The average molecular weight is 390 g/mol. The lowest BCUT2D eigenvalue weighted by Gasteiger charge is -2.08. The van der Waals surface area contributed by atoms with Gasteiger partial charge in [-0.15, -0.1) is 0 Å². The molecule has 9 nitrogen and oxygen atoms in total. The van der Waals surface area contributed by atoms with E-state index in [0.717, 1.165) is 6.07 Å². The van der Waals surface area contributed by atoms with E-state index in [1.807, 2.05) is 5.32 Å². The number of amides is 3. The number of urea groups is 1. The van der Waals surface area contributed by atoms with Gasteiger partial charge < -0.3 is 24.3 Å². The summed E-state index contributed by atoms with van der Waals surface area (Å²) >= 11 is 0. The maximum atomic E-state index is 13.6. The molecule has 3 rings (SSSR count). The molecule has 0 spiro atoms. The van der Waals surface area contributed by atoms with E-state index in [4.69, 9.17) is 18.9 Å². The van der Waals surface area contributed by atoms with E-state index in [2.05, 4.69) is 5.32 Å². The molecule has 0 atom stereocenters. The van der Waals surface area contributed by atoms with Crippen LogP contribution in [0.4, 0.5) is 14.9 Å². The lowest BCUT2D eigenvalue weighted by molar-refractivity contribution is -0.123. The summed E-state index contributed by atoms with van der Waals surface area (Å²) in [5.41, 5.74) is 0.274. The van der Waals surface area contributed by atoms with Gasteiger partial charge in [-0.2, -0.15) is 0 Å². The molecule has 0 radical (unpaired) electrons. The molecule has 28 heavy (non-hydrogen) atoms. The van der Waals surface area contributed by atoms with Gasteiger partial charge in [-0.05, 0) is 30.3 Å². The SMILES string of the molecule is COc1ccc(C(=O)OCC(=O)NC(=O)Nc2ccc3c(c2)OCO3)cc1F. The van der Waals surface area contributed by atoms with Crippen LogP contribution in [0.3, 0.4) is 0 Å². The lowest BCUT2D eigenvalue weighted by atomic mass is 10.2. The maximum absolute atomic E-state index is 13.6. The summed E-state index contributed by atoms with van der Waals surface area (Å²) in [5, 5.41) is 4.43. The Morgan fingerprint density at radius 1 is 1.11 bits per heavy atom. The molecule has 0 saturated carbocycles.